The molecule has 0 saturated carbocycles. The Morgan fingerprint density at radius 3 is 2.86 bits per heavy atom. The van der Waals surface area contributed by atoms with Crippen LogP contribution in [-0.4, -0.2) is 14.7 Å². The number of rotatable bonds is 3. The lowest BCUT2D eigenvalue weighted by Crippen LogP contribution is -2.01. The molecule has 0 radical (unpaired) electrons. The van der Waals surface area contributed by atoms with E-state index in [2.05, 4.69) is 25.5 Å². The van der Waals surface area contributed by atoms with Crippen LogP contribution in [0.1, 0.15) is 17.4 Å². The fraction of sp³-hybridized carbons (Fsp3) is 0.250. The van der Waals surface area contributed by atoms with Crippen LogP contribution in [0.15, 0.2) is 20.6 Å². The first kappa shape index (κ1) is 10.2. The molecule has 6 heteroatoms. The molecule has 0 aliphatic carbocycles. The Balaban J connectivity index is 2.10. The largest absolute Gasteiger partial charge is 0.388 e. The molecular weight excluding hydrogens is 284 g/mol. The molecule has 1 unspecified atom stereocenters. The van der Waals surface area contributed by atoms with Gasteiger partial charge in [0.1, 0.15) is 0 Å². The Hall–Kier alpha value is -0.300. The molecule has 3 nitrogen and oxygen atoms in total. The van der Waals surface area contributed by atoms with Crippen LogP contribution in [0.3, 0.4) is 0 Å². The second-order valence-electron chi connectivity index (χ2n) is 2.79. The van der Waals surface area contributed by atoms with Crippen molar-refractivity contribution in [3.63, 3.8) is 0 Å². The van der Waals surface area contributed by atoms with Crippen molar-refractivity contribution >= 4 is 38.8 Å². The SMILES string of the molecule is OC(Cc1csnn1)c1cscc1Br. The number of aliphatic hydroxyl groups is 1. The van der Waals surface area contributed by atoms with E-state index >= 15 is 0 Å². The maximum atomic E-state index is 9.88. The summed E-state index contributed by atoms with van der Waals surface area (Å²) in [5, 5.41) is 19.5. The van der Waals surface area contributed by atoms with Gasteiger partial charge in [-0.05, 0) is 32.8 Å². The highest BCUT2D eigenvalue weighted by molar-refractivity contribution is 9.10. The van der Waals surface area contributed by atoms with Crippen molar-refractivity contribution in [1.82, 2.24) is 9.59 Å². The van der Waals surface area contributed by atoms with E-state index in [0.29, 0.717) is 6.42 Å². The Morgan fingerprint density at radius 1 is 1.43 bits per heavy atom. The van der Waals surface area contributed by atoms with E-state index in [1.807, 2.05) is 16.1 Å². The first-order chi connectivity index (χ1) is 6.77. The summed E-state index contributed by atoms with van der Waals surface area (Å²) < 4.78 is 4.71. The summed E-state index contributed by atoms with van der Waals surface area (Å²) >= 11 is 6.26. The lowest BCUT2D eigenvalue weighted by atomic mass is 10.1. The molecule has 14 heavy (non-hydrogen) atoms. The fourth-order valence-electron chi connectivity index (χ4n) is 1.11. The first-order valence-electron chi connectivity index (χ1n) is 3.93. The lowest BCUT2D eigenvalue weighted by Gasteiger charge is -2.06. The Morgan fingerprint density at radius 2 is 2.29 bits per heavy atom. The predicted octanol–water partition coefficient (Wildman–Crippen LogP) is 2.64. The van der Waals surface area contributed by atoms with Crippen molar-refractivity contribution < 1.29 is 5.11 Å². The van der Waals surface area contributed by atoms with Gasteiger partial charge in [0.25, 0.3) is 0 Å². The standard InChI is InChI=1S/C8H7BrN2OS2/c9-7-4-13-3-6(7)8(12)1-5-2-14-11-10-5/h2-4,8,12H,1H2. The van der Waals surface area contributed by atoms with Gasteiger partial charge in [-0.2, -0.15) is 11.3 Å². The summed E-state index contributed by atoms with van der Waals surface area (Å²) in [5.74, 6) is 0. The minimum Gasteiger partial charge on any atom is -0.388 e. The molecule has 0 fully saturated rings. The van der Waals surface area contributed by atoms with Crippen molar-refractivity contribution in [1.29, 1.82) is 0 Å². The highest BCUT2D eigenvalue weighted by Crippen LogP contribution is 2.29. The maximum absolute atomic E-state index is 9.88. The molecule has 0 aromatic carbocycles. The van der Waals surface area contributed by atoms with E-state index in [9.17, 15) is 5.11 Å². The average molecular weight is 291 g/mol. The molecule has 0 amide bonds. The molecular formula is C8H7BrN2OS2. The summed E-state index contributed by atoms with van der Waals surface area (Å²) in [7, 11) is 0. The van der Waals surface area contributed by atoms with Gasteiger partial charge >= 0.3 is 0 Å². The third kappa shape index (κ3) is 2.20. The van der Waals surface area contributed by atoms with Gasteiger partial charge in [-0.3, -0.25) is 0 Å². The Labute approximate surface area is 97.7 Å². The molecule has 2 rings (SSSR count). The van der Waals surface area contributed by atoms with Gasteiger partial charge in [0.05, 0.1) is 11.8 Å². The zero-order chi connectivity index (χ0) is 9.97. The van der Waals surface area contributed by atoms with E-state index in [-0.39, 0.29) is 0 Å². The minimum atomic E-state index is -0.500. The zero-order valence-electron chi connectivity index (χ0n) is 7.05. The number of aromatic nitrogens is 2. The van der Waals surface area contributed by atoms with Crippen LogP contribution in [0, 0.1) is 0 Å². The predicted molar refractivity (Wildman–Crippen MR) is 60.6 cm³/mol. The normalized spacial score (nSPS) is 13.0. The zero-order valence-corrected chi connectivity index (χ0v) is 10.3. The first-order valence-corrected chi connectivity index (χ1v) is 6.50. The molecule has 0 spiro atoms. The molecule has 2 aromatic heterocycles. The highest BCUT2D eigenvalue weighted by Gasteiger charge is 2.13. The molecule has 0 aliphatic rings. The van der Waals surface area contributed by atoms with Crippen LogP contribution >= 0.6 is 38.8 Å². The van der Waals surface area contributed by atoms with Crippen molar-refractivity contribution in [3.8, 4) is 0 Å². The summed E-state index contributed by atoms with van der Waals surface area (Å²) in [5.41, 5.74) is 1.75. The summed E-state index contributed by atoms with van der Waals surface area (Å²) in [6.07, 6.45) is 0.0192. The Kier molecular flexibility index (Phi) is 3.27. The second-order valence-corrected chi connectivity index (χ2v) is 5.00. The molecule has 0 aliphatic heterocycles. The Bertz CT molecular complexity index is 401. The van der Waals surface area contributed by atoms with Crippen LogP contribution in [-0.2, 0) is 6.42 Å². The number of halogens is 1. The van der Waals surface area contributed by atoms with E-state index < -0.39 is 6.10 Å². The van der Waals surface area contributed by atoms with E-state index in [1.165, 1.54) is 11.5 Å². The molecule has 0 bridgehead atoms. The van der Waals surface area contributed by atoms with Gasteiger partial charge in [-0.25, -0.2) is 0 Å². The van der Waals surface area contributed by atoms with Crippen LogP contribution in [0.4, 0.5) is 0 Å². The van der Waals surface area contributed by atoms with E-state index in [0.717, 1.165) is 15.7 Å². The number of aliphatic hydroxyl groups excluding tert-OH is 1. The number of hydrogen-bond donors (Lipinski definition) is 1. The maximum Gasteiger partial charge on any atom is 0.0865 e. The van der Waals surface area contributed by atoms with Gasteiger partial charge in [-0.1, -0.05) is 4.49 Å². The molecule has 1 N–H and O–H groups in total. The summed E-state index contributed by atoms with van der Waals surface area (Å²) in [4.78, 5) is 0. The van der Waals surface area contributed by atoms with Crippen LogP contribution in [0.5, 0.6) is 0 Å². The lowest BCUT2D eigenvalue weighted by molar-refractivity contribution is 0.177. The van der Waals surface area contributed by atoms with Gasteiger partial charge in [-0.15, -0.1) is 5.10 Å². The van der Waals surface area contributed by atoms with E-state index in [4.69, 9.17) is 0 Å². The second kappa shape index (κ2) is 4.48. The van der Waals surface area contributed by atoms with Gasteiger partial charge < -0.3 is 5.11 Å². The van der Waals surface area contributed by atoms with Crippen molar-refractivity contribution in [3.05, 3.63) is 31.9 Å². The number of hydrogen-bond acceptors (Lipinski definition) is 5. The minimum absolute atomic E-state index is 0.500. The van der Waals surface area contributed by atoms with Crippen LogP contribution < -0.4 is 0 Å². The number of nitrogens with zero attached hydrogens (tertiary/aromatic N) is 2. The summed E-state index contributed by atoms with van der Waals surface area (Å²) in [6, 6.07) is 0. The highest BCUT2D eigenvalue weighted by atomic mass is 79.9. The van der Waals surface area contributed by atoms with Crippen molar-refractivity contribution in [2.45, 2.75) is 12.5 Å². The molecule has 74 valence electrons. The van der Waals surface area contributed by atoms with Gasteiger partial charge in [0, 0.05) is 27.2 Å². The quantitative estimate of drug-likeness (QED) is 0.945. The topological polar surface area (TPSA) is 46.0 Å². The number of thiophene rings is 1. The van der Waals surface area contributed by atoms with Crippen LogP contribution in [0.25, 0.3) is 0 Å². The average Bonchev–Trinajstić information content (AvgIpc) is 2.75. The monoisotopic (exact) mass is 290 g/mol. The van der Waals surface area contributed by atoms with Gasteiger partial charge in [0.2, 0.25) is 0 Å². The van der Waals surface area contributed by atoms with Crippen molar-refractivity contribution in [2.75, 3.05) is 0 Å². The fourth-order valence-corrected chi connectivity index (χ4v) is 3.18. The van der Waals surface area contributed by atoms with Crippen LogP contribution in [0.2, 0.25) is 0 Å². The van der Waals surface area contributed by atoms with E-state index in [1.54, 1.807) is 11.3 Å². The molecule has 2 aromatic rings. The van der Waals surface area contributed by atoms with Gasteiger partial charge in [0.15, 0.2) is 0 Å². The third-order valence-electron chi connectivity index (χ3n) is 1.81. The summed E-state index contributed by atoms with van der Waals surface area (Å²) in [6.45, 7) is 0. The molecule has 2 heterocycles. The molecule has 1 atom stereocenters. The smallest absolute Gasteiger partial charge is 0.0865 e. The van der Waals surface area contributed by atoms with Crippen molar-refractivity contribution in [2.24, 2.45) is 0 Å². The third-order valence-corrected chi connectivity index (χ3v) is 4.11. The molecule has 0 saturated heterocycles.